The van der Waals surface area contributed by atoms with Gasteiger partial charge < -0.3 is 10.6 Å². The van der Waals surface area contributed by atoms with E-state index in [0.717, 1.165) is 32.4 Å². The summed E-state index contributed by atoms with van der Waals surface area (Å²) in [5, 5.41) is 3.33. The van der Waals surface area contributed by atoms with Gasteiger partial charge >= 0.3 is 0 Å². The third-order valence-electron chi connectivity index (χ3n) is 5.80. The smallest absolute Gasteiger partial charge is 0.223 e. The highest BCUT2D eigenvalue weighted by atomic mass is 16.2. The molecule has 132 valence electrons. The average molecular weight is 329 g/mol. The first-order valence-corrected chi connectivity index (χ1v) is 9.05. The Bertz CT molecular complexity index is 626. The molecule has 1 fully saturated rings. The maximum atomic E-state index is 12.5. The molecule has 2 aliphatic rings. The summed E-state index contributed by atoms with van der Waals surface area (Å²) in [5.74, 6) is 0.288. The minimum atomic E-state index is -0.450. The van der Waals surface area contributed by atoms with Crippen LogP contribution in [-0.4, -0.2) is 30.9 Å². The number of fused-ring (bicyclic) bond motifs is 2. The van der Waals surface area contributed by atoms with Gasteiger partial charge in [0.25, 0.3) is 0 Å². The van der Waals surface area contributed by atoms with E-state index < -0.39 is 5.66 Å². The molecule has 1 aromatic rings. The monoisotopic (exact) mass is 329 g/mol. The lowest BCUT2D eigenvalue weighted by molar-refractivity contribution is -0.134. The van der Waals surface area contributed by atoms with Crippen LogP contribution in [0.5, 0.6) is 0 Å². The lowest BCUT2D eigenvalue weighted by Gasteiger charge is -2.41. The molecule has 1 saturated heterocycles. The van der Waals surface area contributed by atoms with E-state index in [1.54, 1.807) is 0 Å². The van der Waals surface area contributed by atoms with Crippen molar-refractivity contribution in [2.75, 3.05) is 20.1 Å². The Hall–Kier alpha value is -1.39. The summed E-state index contributed by atoms with van der Waals surface area (Å²) in [4.78, 5) is 14.6. The highest BCUT2D eigenvalue weighted by Gasteiger charge is 2.51. The van der Waals surface area contributed by atoms with E-state index in [1.165, 1.54) is 11.1 Å². The van der Waals surface area contributed by atoms with E-state index in [-0.39, 0.29) is 16.7 Å². The molecule has 1 aliphatic carbocycles. The zero-order valence-corrected chi connectivity index (χ0v) is 15.5. The summed E-state index contributed by atoms with van der Waals surface area (Å²) in [6.07, 6.45) is 3.53. The molecular formula is C20H31N3O. The third kappa shape index (κ3) is 2.98. The molecule has 0 aromatic heterocycles. The van der Waals surface area contributed by atoms with Crippen molar-refractivity contribution in [2.45, 2.75) is 57.5 Å². The van der Waals surface area contributed by atoms with Crippen LogP contribution in [0.4, 0.5) is 0 Å². The van der Waals surface area contributed by atoms with Gasteiger partial charge in [-0.2, -0.15) is 0 Å². The Morgan fingerprint density at radius 2 is 1.79 bits per heavy atom. The lowest BCUT2D eigenvalue weighted by atomic mass is 9.73. The number of carbonyl (C=O) groups excluding carboxylic acids is 1. The second-order valence-corrected chi connectivity index (χ2v) is 8.84. The fraction of sp³-hybridized carbons (Fsp3) is 0.650. The van der Waals surface area contributed by atoms with Crippen molar-refractivity contribution in [2.24, 2.45) is 11.1 Å². The van der Waals surface area contributed by atoms with Crippen LogP contribution in [0.15, 0.2) is 24.3 Å². The summed E-state index contributed by atoms with van der Waals surface area (Å²) in [7, 11) is 1.94. The number of nitrogens with one attached hydrogen (secondary N) is 1. The predicted molar refractivity (Wildman–Crippen MR) is 97.5 cm³/mol. The predicted octanol–water partition coefficient (Wildman–Crippen LogP) is 2.72. The van der Waals surface area contributed by atoms with Crippen LogP contribution >= 0.6 is 0 Å². The number of hydrogen-bond acceptors (Lipinski definition) is 3. The van der Waals surface area contributed by atoms with Crippen molar-refractivity contribution in [3.8, 4) is 0 Å². The van der Waals surface area contributed by atoms with Crippen LogP contribution in [0, 0.1) is 5.41 Å². The van der Waals surface area contributed by atoms with Crippen LogP contribution in [-0.2, 0) is 15.9 Å². The van der Waals surface area contributed by atoms with Gasteiger partial charge in [0.2, 0.25) is 5.91 Å². The normalized spacial score (nSPS) is 25.8. The minimum Gasteiger partial charge on any atom is -0.343 e. The zero-order valence-electron chi connectivity index (χ0n) is 15.5. The highest BCUT2D eigenvalue weighted by molar-refractivity contribution is 5.77. The van der Waals surface area contributed by atoms with Gasteiger partial charge in [-0.1, -0.05) is 45.0 Å². The van der Waals surface area contributed by atoms with Crippen molar-refractivity contribution in [3.05, 3.63) is 35.4 Å². The molecule has 4 nitrogen and oxygen atoms in total. The Morgan fingerprint density at radius 1 is 1.21 bits per heavy atom. The van der Waals surface area contributed by atoms with Gasteiger partial charge in [-0.3, -0.25) is 10.1 Å². The van der Waals surface area contributed by atoms with Gasteiger partial charge in [0.05, 0.1) is 5.66 Å². The molecule has 1 amide bonds. The number of rotatable bonds is 2. The second-order valence-electron chi connectivity index (χ2n) is 8.84. The number of likely N-dealkylation sites (tertiary alicyclic amines) is 1. The van der Waals surface area contributed by atoms with Gasteiger partial charge in [-0.25, -0.2) is 0 Å². The fourth-order valence-electron chi connectivity index (χ4n) is 4.48. The fourth-order valence-corrected chi connectivity index (χ4v) is 4.48. The van der Waals surface area contributed by atoms with Crippen LogP contribution in [0.3, 0.4) is 0 Å². The van der Waals surface area contributed by atoms with Gasteiger partial charge in [0, 0.05) is 24.9 Å². The molecule has 0 radical (unpaired) electrons. The molecule has 1 aliphatic heterocycles. The van der Waals surface area contributed by atoms with Crippen LogP contribution in [0.1, 0.15) is 57.6 Å². The number of amides is 1. The van der Waals surface area contributed by atoms with Crippen molar-refractivity contribution in [3.63, 3.8) is 0 Å². The van der Waals surface area contributed by atoms with Crippen molar-refractivity contribution >= 4 is 5.91 Å². The van der Waals surface area contributed by atoms with Crippen LogP contribution in [0.2, 0.25) is 0 Å². The van der Waals surface area contributed by atoms with Crippen molar-refractivity contribution in [1.29, 1.82) is 0 Å². The summed E-state index contributed by atoms with van der Waals surface area (Å²) in [5.41, 5.74) is 8.97. The quantitative estimate of drug-likeness (QED) is 0.820. The first-order chi connectivity index (χ1) is 11.2. The molecule has 0 saturated carbocycles. The maximum Gasteiger partial charge on any atom is 0.223 e. The Morgan fingerprint density at radius 3 is 2.33 bits per heavy atom. The Labute approximate surface area is 145 Å². The van der Waals surface area contributed by atoms with E-state index >= 15 is 0 Å². The van der Waals surface area contributed by atoms with E-state index in [9.17, 15) is 4.79 Å². The Balaban J connectivity index is 1.78. The minimum absolute atomic E-state index is 0.0463. The maximum absolute atomic E-state index is 12.5. The van der Waals surface area contributed by atoms with Gasteiger partial charge in [0.15, 0.2) is 0 Å². The van der Waals surface area contributed by atoms with E-state index in [2.05, 4.69) is 55.3 Å². The number of carbonyl (C=O) groups is 1. The first-order valence-electron chi connectivity index (χ1n) is 9.05. The molecule has 1 heterocycles. The molecule has 1 unspecified atom stereocenters. The second kappa shape index (κ2) is 5.85. The number of nitrogens with two attached hydrogens (primary N) is 1. The first kappa shape index (κ1) is 17.4. The third-order valence-corrected chi connectivity index (χ3v) is 5.80. The number of nitrogens with zero attached hydrogens (tertiary/aromatic N) is 1. The standard InChI is InChI=1S/C20H31N3O/c1-18(2,3)13-17(24)23-11-9-19(10-12-23)14-20(21,22-4)16-8-6-5-7-15(16)19/h5-8,22H,9-14,21H2,1-4H3. The van der Waals surface area contributed by atoms with Gasteiger partial charge in [0.1, 0.15) is 0 Å². The van der Waals surface area contributed by atoms with Crippen molar-refractivity contribution < 1.29 is 4.79 Å². The van der Waals surface area contributed by atoms with Crippen LogP contribution < -0.4 is 11.1 Å². The van der Waals surface area contributed by atoms with Gasteiger partial charge in [-0.05, 0) is 42.9 Å². The zero-order chi connectivity index (χ0) is 17.6. The largest absolute Gasteiger partial charge is 0.343 e. The van der Waals surface area contributed by atoms with Crippen LogP contribution in [0.25, 0.3) is 0 Å². The Kier molecular flexibility index (Phi) is 4.25. The average Bonchev–Trinajstić information content (AvgIpc) is 2.77. The molecule has 1 aromatic carbocycles. The molecular weight excluding hydrogens is 298 g/mol. The highest BCUT2D eigenvalue weighted by Crippen LogP contribution is 2.51. The molecule has 3 N–H and O–H groups in total. The lowest BCUT2D eigenvalue weighted by Crippen LogP contribution is -2.50. The summed E-state index contributed by atoms with van der Waals surface area (Å²) < 4.78 is 0. The molecule has 0 bridgehead atoms. The molecule has 1 atom stereocenters. The van der Waals surface area contributed by atoms with Crippen molar-refractivity contribution in [1.82, 2.24) is 10.2 Å². The molecule has 24 heavy (non-hydrogen) atoms. The molecule has 3 rings (SSSR count). The number of benzene rings is 1. The molecule has 1 spiro atoms. The van der Waals surface area contributed by atoms with E-state index in [1.807, 2.05) is 7.05 Å². The summed E-state index contributed by atoms with van der Waals surface area (Å²) in [6.45, 7) is 8.05. The summed E-state index contributed by atoms with van der Waals surface area (Å²) >= 11 is 0. The topological polar surface area (TPSA) is 58.4 Å². The number of piperidine rings is 1. The van der Waals surface area contributed by atoms with Gasteiger partial charge in [-0.15, -0.1) is 0 Å². The summed E-state index contributed by atoms with van der Waals surface area (Å²) in [6, 6.07) is 8.56. The SMILES string of the molecule is CNC1(N)CC2(CCN(C(=O)CC(C)(C)C)CC2)c2ccccc21. The van der Waals surface area contributed by atoms with E-state index in [0.29, 0.717) is 6.42 Å². The molecule has 4 heteroatoms. The number of hydrogen-bond donors (Lipinski definition) is 2. The van der Waals surface area contributed by atoms with E-state index in [4.69, 9.17) is 5.73 Å².